The lowest BCUT2D eigenvalue weighted by Crippen LogP contribution is -2.09. The van der Waals surface area contributed by atoms with Crippen molar-refractivity contribution in [3.8, 4) is 11.1 Å². The van der Waals surface area contributed by atoms with Gasteiger partial charge in [-0.3, -0.25) is 0 Å². The summed E-state index contributed by atoms with van der Waals surface area (Å²) < 4.78 is 0. The third-order valence-electron chi connectivity index (χ3n) is 6.14. The zero-order valence-corrected chi connectivity index (χ0v) is 19.0. The fourth-order valence-electron chi connectivity index (χ4n) is 3.88. The second-order valence-corrected chi connectivity index (χ2v) is 8.48. The van der Waals surface area contributed by atoms with Gasteiger partial charge in [0.1, 0.15) is 0 Å². The lowest BCUT2D eigenvalue weighted by Gasteiger charge is -2.26. The first-order chi connectivity index (χ1) is 15.0. The molecule has 0 fully saturated rings. The molecule has 1 heteroatoms. The maximum atomic E-state index is 2.31. The molecule has 156 valence electrons. The van der Waals surface area contributed by atoms with E-state index in [1.165, 1.54) is 45.6 Å². The molecule has 0 spiro atoms. The normalized spacial score (nSPS) is 11.9. The van der Waals surface area contributed by atoms with Crippen molar-refractivity contribution in [1.82, 2.24) is 0 Å². The summed E-state index contributed by atoms with van der Waals surface area (Å²) in [6, 6.07) is 35.4. The molecule has 0 saturated heterocycles. The van der Waals surface area contributed by atoms with Crippen molar-refractivity contribution in [2.45, 2.75) is 40.0 Å². The molecule has 0 bridgehead atoms. The van der Waals surface area contributed by atoms with Crippen LogP contribution in [-0.4, -0.2) is 0 Å². The van der Waals surface area contributed by atoms with Crippen molar-refractivity contribution in [1.29, 1.82) is 0 Å². The van der Waals surface area contributed by atoms with Crippen molar-refractivity contribution >= 4 is 17.1 Å². The molecule has 0 aliphatic heterocycles. The predicted octanol–water partition coefficient (Wildman–Crippen LogP) is 8.95. The molecule has 0 amide bonds. The number of rotatable bonds is 6. The molecular weight excluding hydrogens is 374 g/mol. The van der Waals surface area contributed by atoms with Gasteiger partial charge >= 0.3 is 0 Å². The molecule has 31 heavy (non-hydrogen) atoms. The van der Waals surface area contributed by atoms with Crippen LogP contribution in [0.2, 0.25) is 0 Å². The highest BCUT2D eigenvalue weighted by Crippen LogP contribution is 2.36. The van der Waals surface area contributed by atoms with E-state index in [1.807, 2.05) is 0 Å². The Bertz CT molecular complexity index is 1060. The van der Waals surface area contributed by atoms with E-state index in [-0.39, 0.29) is 0 Å². The number of hydrogen-bond acceptors (Lipinski definition) is 1. The molecule has 4 aromatic carbocycles. The number of hydrogen-bond donors (Lipinski definition) is 0. The van der Waals surface area contributed by atoms with Crippen molar-refractivity contribution in [3.63, 3.8) is 0 Å². The van der Waals surface area contributed by atoms with E-state index in [9.17, 15) is 0 Å². The van der Waals surface area contributed by atoms with Crippen LogP contribution in [0.5, 0.6) is 0 Å². The number of aryl methyl sites for hydroxylation is 2. The van der Waals surface area contributed by atoms with E-state index < -0.39 is 0 Å². The lowest BCUT2D eigenvalue weighted by atomic mass is 9.96. The van der Waals surface area contributed by atoms with Crippen molar-refractivity contribution in [2.75, 3.05) is 4.90 Å². The molecule has 1 unspecified atom stereocenters. The molecule has 0 N–H and O–H groups in total. The first-order valence-corrected chi connectivity index (χ1v) is 11.2. The topological polar surface area (TPSA) is 3.24 Å². The third kappa shape index (κ3) is 4.72. The Morgan fingerprint density at radius 2 is 0.903 bits per heavy atom. The maximum Gasteiger partial charge on any atom is 0.0462 e. The van der Waals surface area contributed by atoms with Crippen LogP contribution in [0, 0.1) is 13.8 Å². The summed E-state index contributed by atoms with van der Waals surface area (Å²) in [6.45, 7) is 8.78. The molecule has 0 heterocycles. The van der Waals surface area contributed by atoms with Gasteiger partial charge in [-0.25, -0.2) is 0 Å². The Labute approximate surface area is 187 Å². The monoisotopic (exact) mass is 405 g/mol. The zero-order valence-electron chi connectivity index (χ0n) is 19.0. The van der Waals surface area contributed by atoms with Crippen LogP contribution < -0.4 is 4.90 Å². The molecule has 1 nitrogen and oxygen atoms in total. The number of anilines is 3. The van der Waals surface area contributed by atoms with Gasteiger partial charge < -0.3 is 4.90 Å². The fourth-order valence-corrected chi connectivity index (χ4v) is 3.88. The van der Waals surface area contributed by atoms with Gasteiger partial charge in [-0.2, -0.15) is 0 Å². The second-order valence-electron chi connectivity index (χ2n) is 8.48. The molecule has 0 saturated carbocycles. The minimum absolute atomic E-state index is 0.606. The average molecular weight is 406 g/mol. The molecule has 4 rings (SSSR count). The smallest absolute Gasteiger partial charge is 0.0462 e. The molecule has 0 aliphatic rings. The first kappa shape index (κ1) is 20.9. The van der Waals surface area contributed by atoms with Gasteiger partial charge in [0.2, 0.25) is 0 Å². The number of nitrogens with zero attached hydrogens (tertiary/aromatic N) is 1. The highest BCUT2D eigenvalue weighted by molar-refractivity contribution is 5.78. The Morgan fingerprint density at radius 3 is 1.29 bits per heavy atom. The number of benzene rings is 4. The summed E-state index contributed by atoms with van der Waals surface area (Å²) in [5.74, 6) is 0.606. The summed E-state index contributed by atoms with van der Waals surface area (Å²) in [7, 11) is 0. The van der Waals surface area contributed by atoms with Gasteiger partial charge in [-0.1, -0.05) is 85.6 Å². The fraction of sp³-hybridized carbons (Fsp3) is 0.200. The van der Waals surface area contributed by atoms with Crippen molar-refractivity contribution < 1.29 is 0 Å². The van der Waals surface area contributed by atoms with E-state index in [0.29, 0.717) is 5.92 Å². The van der Waals surface area contributed by atoms with Crippen LogP contribution >= 0.6 is 0 Å². The average Bonchev–Trinajstić information content (AvgIpc) is 2.82. The van der Waals surface area contributed by atoms with Crippen LogP contribution in [0.15, 0.2) is 97.1 Å². The van der Waals surface area contributed by atoms with E-state index in [2.05, 4.69) is 130 Å². The standard InChI is InChI=1S/C30H31N/c1-5-24(4)25-10-12-26(13-11-25)27-14-20-30(21-15-27)31(28-16-6-22(2)7-17-28)29-18-8-23(3)9-19-29/h6-21,24H,5H2,1-4H3. The van der Waals surface area contributed by atoms with E-state index >= 15 is 0 Å². The van der Waals surface area contributed by atoms with Crippen LogP contribution in [0.25, 0.3) is 11.1 Å². The van der Waals surface area contributed by atoms with Crippen LogP contribution in [0.3, 0.4) is 0 Å². The third-order valence-corrected chi connectivity index (χ3v) is 6.14. The molecular formula is C30H31N. The zero-order chi connectivity index (χ0) is 21.8. The maximum absolute atomic E-state index is 2.31. The van der Waals surface area contributed by atoms with Gasteiger partial charge in [0.05, 0.1) is 0 Å². The Balaban J connectivity index is 1.68. The summed E-state index contributed by atoms with van der Waals surface area (Å²) in [5, 5.41) is 0. The summed E-state index contributed by atoms with van der Waals surface area (Å²) >= 11 is 0. The van der Waals surface area contributed by atoms with E-state index in [4.69, 9.17) is 0 Å². The SMILES string of the molecule is CCC(C)c1ccc(-c2ccc(N(c3ccc(C)cc3)c3ccc(C)cc3)cc2)cc1. The lowest BCUT2D eigenvalue weighted by molar-refractivity contribution is 0.734. The van der Waals surface area contributed by atoms with Gasteiger partial charge in [0.25, 0.3) is 0 Å². The van der Waals surface area contributed by atoms with Gasteiger partial charge in [0.15, 0.2) is 0 Å². The Hall–Kier alpha value is -3.32. The van der Waals surface area contributed by atoms with Gasteiger partial charge in [-0.05, 0) is 79.3 Å². The molecule has 1 atom stereocenters. The molecule has 0 radical (unpaired) electrons. The van der Waals surface area contributed by atoms with Crippen molar-refractivity contribution in [2.24, 2.45) is 0 Å². The Kier molecular flexibility index (Phi) is 6.23. The summed E-state index contributed by atoms with van der Waals surface area (Å²) in [6.07, 6.45) is 1.17. The van der Waals surface area contributed by atoms with E-state index in [0.717, 1.165) is 5.69 Å². The van der Waals surface area contributed by atoms with Gasteiger partial charge in [-0.15, -0.1) is 0 Å². The van der Waals surface area contributed by atoms with Crippen LogP contribution in [0.1, 0.15) is 42.9 Å². The Morgan fingerprint density at radius 1 is 0.548 bits per heavy atom. The predicted molar refractivity (Wildman–Crippen MR) is 135 cm³/mol. The minimum Gasteiger partial charge on any atom is -0.311 e. The van der Waals surface area contributed by atoms with Crippen molar-refractivity contribution in [3.05, 3.63) is 114 Å². The molecule has 4 aromatic rings. The molecule has 0 aliphatic carbocycles. The summed E-state index contributed by atoms with van der Waals surface area (Å²) in [5.41, 5.74) is 9.94. The summed E-state index contributed by atoms with van der Waals surface area (Å²) in [4.78, 5) is 2.31. The van der Waals surface area contributed by atoms with Gasteiger partial charge in [0, 0.05) is 17.1 Å². The second kappa shape index (κ2) is 9.22. The first-order valence-electron chi connectivity index (χ1n) is 11.2. The highest BCUT2D eigenvalue weighted by atomic mass is 15.1. The highest BCUT2D eigenvalue weighted by Gasteiger charge is 2.12. The van der Waals surface area contributed by atoms with E-state index in [1.54, 1.807) is 0 Å². The quantitative estimate of drug-likeness (QED) is 0.309. The van der Waals surface area contributed by atoms with Crippen LogP contribution in [-0.2, 0) is 0 Å². The largest absolute Gasteiger partial charge is 0.311 e. The van der Waals surface area contributed by atoms with Crippen LogP contribution in [0.4, 0.5) is 17.1 Å². The minimum atomic E-state index is 0.606. The molecule has 0 aromatic heterocycles.